The molecule has 1 heterocycles. The highest BCUT2D eigenvalue weighted by Gasteiger charge is 2.33. The van der Waals surface area contributed by atoms with Crippen LogP contribution in [0.3, 0.4) is 0 Å². The second kappa shape index (κ2) is 7.42. The molecule has 0 aliphatic carbocycles. The van der Waals surface area contributed by atoms with Crippen molar-refractivity contribution in [1.82, 2.24) is 0 Å². The maximum Gasteiger partial charge on any atom is 0.270 e. The predicted molar refractivity (Wildman–Crippen MR) is 109 cm³/mol. The normalized spacial score (nSPS) is 16.0. The summed E-state index contributed by atoms with van der Waals surface area (Å²) in [6, 6.07) is 13.6. The first kappa shape index (κ1) is 17.7. The number of nitrogens with zero attached hydrogens (tertiary/aromatic N) is 1. The fraction of sp³-hybridized carbons (Fsp3) is 0.200. The van der Waals surface area contributed by atoms with Crippen LogP contribution < -0.4 is 9.64 Å². The molecule has 1 saturated heterocycles. The van der Waals surface area contributed by atoms with Crippen molar-refractivity contribution >= 4 is 46.0 Å². The van der Waals surface area contributed by atoms with E-state index in [4.69, 9.17) is 17.0 Å². The van der Waals surface area contributed by atoms with E-state index in [1.165, 1.54) is 17.3 Å². The Bertz CT molecular complexity index is 874. The fourth-order valence-corrected chi connectivity index (χ4v) is 3.87. The molecule has 2 aromatic rings. The monoisotopic (exact) mass is 369 g/mol. The zero-order valence-electron chi connectivity index (χ0n) is 14.4. The summed E-state index contributed by atoms with van der Waals surface area (Å²) in [5.74, 6) is 0.709. The molecular formula is C20H19NO2S2. The number of thioether (sulfide) groups is 1. The van der Waals surface area contributed by atoms with Crippen molar-refractivity contribution in [2.75, 3.05) is 11.5 Å². The Morgan fingerprint density at radius 1 is 1.16 bits per heavy atom. The summed E-state index contributed by atoms with van der Waals surface area (Å²) in [7, 11) is 0. The van der Waals surface area contributed by atoms with Crippen molar-refractivity contribution in [2.24, 2.45) is 0 Å². The molecular weight excluding hydrogens is 350 g/mol. The molecule has 0 aromatic heterocycles. The highest BCUT2D eigenvalue weighted by Crippen LogP contribution is 2.36. The molecule has 1 fully saturated rings. The van der Waals surface area contributed by atoms with Gasteiger partial charge in [-0.2, -0.15) is 0 Å². The van der Waals surface area contributed by atoms with Gasteiger partial charge in [-0.25, -0.2) is 0 Å². The van der Waals surface area contributed by atoms with Crippen LogP contribution in [0.2, 0.25) is 0 Å². The van der Waals surface area contributed by atoms with Crippen molar-refractivity contribution < 1.29 is 9.53 Å². The average Bonchev–Trinajstić information content (AvgIpc) is 2.85. The molecule has 3 rings (SSSR count). The van der Waals surface area contributed by atoms with Crippen LogP contribution >= 0.6 is 24.0 Å². The molecule has 5 heteroatoms. The van der Waals surface area contributed by atoms with Gasteiger partial charge in [0.2, 0.25) is 0 Å². The van der Waals surface area contributed by atoms with Crippen LogP contribution in [0.5, 0.6) is 5.75 Å². The van der Waals surface area contributed by atoms with E-state index in [1.54, 1.807) is 4.90 Å². The van der Waals surface area contributed by atoms with Gasteiger partial charge in [-0.05, 0) is 67.8 Å². The molecule has 1 aliphatic heterocycles. The molecule has 128 valence electrons. The second-order valence-corrected chi connectivity index (χ2v) is 7.47. The Balaban J connectivity index is 1.90. The third-order valence-corrected chi connectivity index (χ3v) is 5.31. The number of thiocarbonyl (C=S) groups is 1. The summed E-state index contributed by atoms with van der Waals surface area (Å²) in [5, 5.41) is 0. The first-order chi connectivity index (χ1) is 12.0. The molecule has 3 nitrogen and oxygen atoms in total. The van der Waals surface area contributed by atoms with Crippen LogP contribution in [0.25, 0.3) is 6.08 Å². The quantitative estimate of drug-likeness (QED) is 0.553. The van der Waals surface area contributed by atoms with Crippen molar-refractivity contribution in [3.05, 3.63) is 64.1 Å². The van der Waals surface area contributed by atoms with Gasteiger partial charge in [0.15, 0.2) is 4.32 Å². The van der Waals surface area contributed by atoms with Gasteiger partial charge in [0, 0.05) is 0 Å². The molecule has 0 N–H and O–H groups in total. The Hall–Kier alpha value is -2.11. The number of ether oxygens (including phenoxy) is 1. The first-order valence-electron chi connectivity index (χ1n) is 8.07. The molecule has 0 bridgehead atoms. The largest absolute Gasteiger partial charge is 0.494 e. The maximum absolute atomic E-state index is 12.8. The van der Waals surface area contributed by atoms with E-state index < -0.39 is 0 Å². The molecule has 1 amide bonds. The maximum atomic E-state index is 12.8. The summed E-state index contributed by atoms with van der Waals surface area (Å²) < 4.78 is 6.07. The van der Waals surface area contributed by atoms with Gasteiger partial charge in [-0.3, -0.25) is 9.69 Å². The van der Waals surface area contributed by atoms with E-state index in [0.29, 0.717) is 15.8 Å². The number of rotatable bonds is 4. The summed E-state index contributed by atoms with van der Waals surface area (Å²) in [5.41, 5.74) is 4.07. The fourth-order valence-electron chi connectivity index (χ4n) is 2.57. The lowest BCUT2D eigenvalue weighted by Crippen LogP contribution is -2.27. The molecule has 0 spiro atoms. The van der Waals surface area contributed by atoms with Crippen molar-refractivity contribution in [1.29, 1.82) is 0 Å². The number of amides is 1. The van der Waals surface area contributed by atoms with E-state index in [-0.39, 0.29) is 5.91 Å². The Labute approximate surface area is 157 Å². The highest BCUT2D eigenvalue weighted by atomic mass is 32.2. The lowest BCUT2D eigenvalue weighted by Gasteiger charge is -2.15. The molecule has 0 saturated carbocycles. The highest BCUT2D eigenvalue weighted by molar-refractivity contribution is 8.27. The summed E-state index contributed by atoms with van der Waals surface area (Å²) >= 11 is 6.77. The number of hydrogen-bond donors (Lipinski definition) is 0. The zero-order valence-corrected chi connectivity index (χ0v) is 16.0. The lowest BCUT2D eigenvalue weighted by molar-refractivity contribution is -0.113. The second-order valence-electron chi connectivity index (χ2n) is 5.79. The van der Waals surface area contributed by atoms with E-state index in [2.05, 4.69) is 6.92 Å². The van der Waals surface area contributed by atoms with Crippen LogP contribution in [-0.4, -0.2) is 16.8 Å². The molecule has 25 heavy (non-hydrogen) atoms. The van der Waals surface area contributed by atoms with Crippen LogP contribution in [0.4, 0.5) is 5.69 Å². The molecule has 0 unspecified atom stereocenters. The number of hydrogen-bond acceptors (Lipinski definition) is 4. The van der Waals surface area contributed by atoms with Gasteiger partial charge in [0.25, 0.3) is 5.91 Å². The minimum atomic E-state index is -0.0833. The zero-order chi connectivity index (χ0) is 18.0. The molecule has 0 atom stereocenters. The third kappa shape index (κ3) is 3.78. The lowest BCUT2D eigenvalue weighted by atomic mass is 10.1. The van der Waals surface area contributed by atoms with Gasteiger partial charge < -0.3 is 4.74 Å². The number of benzene rings is 2. The predicted octanol–water partition coefficient (Wildman–Crippen LogP) is 5.11. The van der Waals surface area contributed by atoms with Gasteiger partial charge in [-0.1, -0.05) is 42.2 Å². The standard InChI is InChI=1S/C20H19NO2S2/c1-4-23-17-7-5-6-15(11-17)12-18-19(22)21(20(24)25-18)16-9-8-13(2)14(3)10-16/h5-12H,4H2,1-3H3/b18-12-. The molecule has 0 radical (unpaired) electrons. The van der Waals surface area contributed by atoms with Crippen molar-refractivity contribution in [3.8, 4) is 5.75 Å². The SMILES string of the molecule is CCOc1cccc(/C=C2\SC(=S)N(c3ccc(C)c(C)c3)C2=O)c1. The smallest absolute Gasteiger partial charge is 0.270 e. The van der Waals surface area contributed by atoms with Crippen LogP contribution in [0.15, 0.2) is 47.4 Å². The van der Waals surface area contributed by atoms with E-state index in [9.17, 15) is 4.79 Å². The Morgan fingerprint density at radius 3 is 2.68 bits per heavy atom. The Kier molecular flexibility index (Phi) is 5.25. The van der Waals surface area contributed by atoms with Gasteiger partial charge in [-0.15, -0.1) is 0 Å². The van der Waals surface area contributed by atoms with Crippen molar-refractivity contribution in [2.45, 2.75) is 20.8 Å². The first-order valence-corrected chi connectivity index (χ1v) is 9.30. The van der Waals surface area contributed by atoms with E-state index >= 15 is 0 Å². The van der Waals surface area contributed by atoms with Crippen LogP contribution in [0.1, 0.15) is 23.6 Å². The van der Waals surface area contributed by atoms with Gasteiger partial charge in [0.1, 0.15) is 5.75 Å². The van der Waals surface area contributed by atoms with Gasteiger partial charge >= 0.3 is 0 Å². The van der Waals surface area contributed by atoms with Gasteiger partial charge in [0.05, 0.1) is 17.2 Å². The minimum absolute atomic E-state index is 0.0833. The molecule has 1 aliphatic rings. The summed E-state index contributed by atoms with van der Waals surface area (Å²) in [6.45, 7) is 6.64. The summed E-state index contributed by atoms with van der Waals surface area (Å²) in [6.07, 6.45) is 1.86. The number of anilines is 1. The van der Waals surface area contributed by atoms with Crippen LogP contribution in [-0.2, 0) is 4.79 Å². The molecule has 2 aromatic carbocycles. The van der Waals surface area contributed by atoms with E-state index in [1.807, 2.05) is 62.4 Å². The number of aryl methyl sites for hydroxylation is 2. The average molecular weight is 370 g/mol. The third-order valence-electron chi connectivity index (χ3n) is 4.01. The number of carbonyl (C=O) groups excluding carboxylic acids is 1. The number of carbonyl (C=O) groups is 1. The Morgan fingerprint density at radius 2 is 1.96 bits per heavy atom. The summed E-state index contributed by atoms with van der Waals surface area (Å²) in [4.78, 5) is 15.1. The topological polar surface area (TPSA) is 29.5 Å². The minimum Gasteiger partial charge on any atom is -0.494 e. The van der Waals surface area contributed by atoms with Crippen molar-refractivity contribution in [3.63, 3.8) is 0 Å². The van der Waals surface area contributed by atoms with E-state index in [0.717, 1.165) is 22.6 Å². The van der Waals surface area contributed by atoms with Crippen LogP contribution in [0, 0.1) is 13.8 Å².